The Kier molecular flexibility index (Phi) is 4.84. The SMILES string of the molecule is COCCn1c2ccccc2c2c(OCC(C)OC)cccc21. The third-order valence-electron chi connectivity index (χ3n) is 4.15. The lowest BCUT2D eigenvalue weighted by atomic mass is 10.1. The van der Waals surface area contributed by atoms with Crippen molar-refractivity contribution < 1.29 is 14.2 Å². The molecule has 0 saturated heterocycles. The van der Waals surface area contributed by atoms with Crippen molar-refractivity contribution in [2.75, 3.05) is 27.4 Å². The second-order valence-corrected chi connectivity index (χ2v) is 5.67. The number of aromatic nitrogens is 1. The molecule has 3 aromatic rings. The molecular weight excluding hydrogens is 290 g/mol. The van der Waals surface area contributed by atoms with Gasteiger partial charge in [0.1, 0.15) is 12.4 Å². The van der Waals surface area contributed by atoms with Gasteiger partial charge in [-0.3, -0.25) is 0 Å². The number of methoxy groups -OCH3 is 2. The van der Waals surface area contributed by atoms with Crippen molar-refractivity contribution in [1.82, 2.24) is 4.57 Å². The molecule has 0 saturated carbocycles. The average Bonchev–Trinajstić information content (AvgIpc) is 2.92. The Morgan fingerprint density at radius 1 is 1.00 bits per heavy atom. The molecule has 4 nitrogen and oxygen atoms in total. The quantitative estimate of drug-likeness (QED) is 0.664. The second kappa shape index (κ2) is 7.02. The van der Waals surface area contributed by atoms with E-state index in [0.717, 1.165) is 17.7 Å². The Hall–Kier alpha value is -2.04. The molecule has 23 heavy (non-hydrogen) atoms. The first-order valence-corrected chi connectivity index (χ1v) is 7.90. The van der Waals surface area contributed by atoms with E-state index >= 15 is 0 Å². The van der Waals surface area contributed by atoms with Crippen LogP contribution in [0.15, 0.2) is 42.5 Å². The number of rotatable bonds is 7. The summed E-state index contributed by atoms with van der Waals surface area (Å²) >= 11 is 0. The first kappa shape index (κ1) is 15.8. The molecule has 0 aliphatic carbocycles. The Morgan fingerprint density at radius 2 is 1.78 bits per heavy atom. The van der Waals surface area contributed by atoms with E-state index in [0.29, 0.717) is 13.2 Å². The summed E-state index contributed by atoms with van der Waals surface area (Å²) in [6.07, 6.45) is 0.0621. The molecule has 1 heterocycles. The summed E-state index contributed by atoms with van der Waals surface area (Å²) < 4.78 is 18.9. The molecular formula is C19H23NO3. The summed E-state index contributed by atoms with van der Waals surface area (Å²) in [7, 11) is 3.43. The van der Waals surface area contributed by atoms with Gasteiger partial charge in [0, 0.05) is 37.1 Å². The first-order chi connectivity index (χ1) is 11.3. The number of hydrogen-bond acceptors (Lipinski definition) is 3. The van der Waals surface area contributed by atoms with E-state index in [1.165, 1.54) is 16.4 Å². The van der Waals surface area contributed by atoms with Crippen LogP contribution in [0.1, 0.15) is 6.92 Å². The molecule has 1 atom stereocenters. The molecule has 0 N–H and O–H groups in total. The van der Waals surface area contributed by atoms with Crippen molar-refractivity contribution in [3.05, 3.63) is 42.5 Å². The van der Waals surface area contributed by atoms with Crippen molar-refractivity contribution >= 4 is 21.8 Å². The van der Waals surface area contributed by atoms with Gasteiger partial charge in [0.2, 0.25) is 0 Å². The Labute approximate surface area is 136 Å². The van der Waals surface area contributed by atoms with Crippen LogP contribution >= 0.6 is 0 Å². The number of fused-ring (bicyclic) bond motifs is 3. The number of nitrogens with zero attached hydrogens (tertiary/aromatic N) is 1. The van der Waals surface area contributed by atoms with Crippen LogP contribution < -0.4 is 4.74 Å². The van der Waals surface area contributed by atoms with Crippen LogP contribution in [0.5, 0.6) is 5.75 Å². The number of para-hydroxylation sites is 1. The Bertz CT molecular complexity index is 794. The standard InChI is InChI=1S/C19H23NO3/c1-14(22-3)13-23-18-10-6-9-17-19(18)15-7-4-5-8-16(15)20(17)11-12-21-2/h4-10,14H,11-13H2,1-3H3. The molecule has 0 bridgehead atoms. The normalized spacial score (nSPS) is 12.8. The minimum Gasteiger partial charge on any atom is -0.490 e. The van der Waals surface area contributed by atoms with Gasteiger partial charge in [-0.1, -0.05) is 24.3 Å². The summed E-state index contributed by atoms with van der Waals surface area (Å²) in [4.78, 5) is 0. The summed E-state index contributed by atoms with van der Waals surface area (Å²) in [6.45, 7) is 4.03. The fourth-order valence-corrected chi connectivity index (χ4v) is 2.88. The van der Waals surface area contributed by atoms with Gasteiger partial charge >= 0.3 is 0 Å². The van der Waals surface area contributed by atoms with Crippen LogP contribution in [-0.2, 0) is 16.0 Å². The van der Waals surface area contributed by atoms with Crippen molar-refractivity contribution in [3.63, 3.8) is 0 Å². The highest BCUT2D eigenvalue weighted by Gasteiger charge is 2.14. The summed E-state index contributed by atoms with van der Waals surface area (Å²) in [6, 6.07) is 14.6. The van der Waals surface area contributed by atoms with Gasteiger partial charge in [-0.25, -0.2) is 0 Å². The minimum absolute atomic E-state index is 0.0621. The molecule has 0 aliphatic rings. The monoisotopic (exact) mass is 313 g/mol. The maximum absolute atomic E-state index is 6.03. The zero-order chi connectivity index (χ0) is 16.2. The third-order valence-corrected chi connectivity index (χ3v) is 4.15. The predicted molar refractivity (Wildman–Crippen MR) is 93.3 cm³/mol. The lowest BCUT2D eigenvalue weighted by Crippen LogP contribution is -2.16. The van der Waals surface area contributed by atoms with Gasteiger partial charge in [-0.15, -0.1) is 0 Å². The maximum atomic E-state index is 6.03. The molecule has 0 radical (unpaired) electrons. The van der Waals surface area contributed by atoms with Crippen LogP contribution in [0.4, 0.5) is 0 Å². The van der Waals surface area contributed by atoms with E-state index in [9.17, 15) is 0 Å². The van der Waals surface area contributed by atoms with Gasteiger partial charge in [0.05, 0.1) is 18.2 Å². The van der Waals surface area contributed by atoms with Gasteiger partial charge in [-0.05, 0) is 25.1 Å². The van der Waals surface area contributed by atoms with E-state index in [1.54, 1.807) is 14.2 Å². The van der Waals surface area contributed by atoms with Crippen LogP contribution in [0.2, 0.25) is 0 Å². The zero-order valence-electron chi connectivity index (χ0n) is 13.9. The highest BCUT2D eigenvalue weighted by Crippen LogP contribution is 2.35. The Morgan fingerprint density at radius 3 is 2.57 bits per heavy atom. The smallest absolute Gasteiger partial charge is 0.129 e. The van der Waals surface area contributed by atoms with Gasteiger partial charge in [-0.2, -0.15) is 0 Å². The summed E-state index contributed by atoms with van der Waals surface area (Å²) in [5, 5.41) is 2.36. The van der Waals surface area contributed by atoms with E-state index in [4.69, 9.17) is 14.2 Å². The molecule has 0 spiro atoms. The fraction of sp³-hybridized carbons (Fsp3) is 0.368. The van der Waals surface area contributed by atoms with E-state index < -0.39 is 0 Å². The highest BCUT2D eigenvalue weighted by atomic mass is 16.5. The van der Waals surface area contributed by atoms with Crippen LogP contribution in [0, 0.1) is 0 Å². The predicted octanol–water partition coefficient (Wildman–Crippen LogP) is 3.85. The second-order valence-electron chi connectivity index (χ2n) is 5.67. The van der Waals surface area contributed by atoms with Gasteiger partial charge in [0.15, 0.2) is 0 Å². The van der Waals surface area contributed by atoms with Gasteiger partial charge in [0.25, 0.3) is 0 Å². The van der Waals surface area contributed by atoms with Crippen molar-refractivity contribution in [2.24, 2.45) is 0 Å². The minimum atomic E-state index is 0.0621. The molecule has 4 heteroatoms. The molecule has 1 unspecified atom stereocenters. The lowest BCUT2D eigenvalue weighted by Gasteiger charge is -2.12. The fourth-order valence-electron chi connectivity index (χ4n) is 2.88. The number of benzene rings is 2. The maximum Gasteiger partial charge on any atom is 0.129 e. The van der Waals surface area contributed by atoms with E-state index in [-0.39, 0.29) is 6.10 Å². The van der Waals surface area contributed by atoms with Crippen LogP contribution in [0.3, 0.4) is 0 Å². The van der Waals surface area contributed by atoms with Crippen molar-refractivity contribution in [3.8, 4) is 5.75 Å². The van der Waals surface area contributed by atoms with Crippen LogP contribution in [0.25, 0.3) is 21.8 Å². The molecule has 2 aromatic carbocycles. The lowest BCUT2D eigenvalue weighted by molar-refractivity contribution is 0.0722. The molecule has 3 rings (SSSR count). The Balaban J connectivity index is 2.12. The van der Waals surface area contributed by atoms with Crippen molar-refractivity contribution in [1.29, 1.82) is 0 Å². The summed E-state index contributed by atoms with van der Waals surface area (Å²) in [5.41, 5.74) is 2.38. The molecule has 0 fully saturated rings. The molecule has 1 aromatic heterocycles. The van der Waals surface area contributed by atoms with Gasteiger partial charge < -0.3 is 18.8 Å². The topological polar surface area (TPSA) is 32.6 Å². The summed E-state index contributed by atoms with van der Waals surface area (Å²) in [5.74, 6) is 0.902. The first-order valence-electron chi connectivity index (χ1n) is 7.90. The molecule has 0 aliphatic heterocycles. The highest BCUT2D eigenvalue weighted by molar-refractivity contribution is 6.11. The molecule has 0 amide bonds. The zero-order valence-corrected chi connectivity index (χ0v) is 13.9. The van der Waals surface area contributed by atoms with Crippen LogP contribution in [-0.4, -0.2) is 38.1 Å². The molecule has 122 valence electrons. The average molecular weight is 313 g/mol. The van der Waals surface area contributed by atoms with Crippen molar-refractivity contribution in [2.45, 2.75) is 19.6 Å². The number of ether oxygens (including phenoxy) is 3. The largest absolute Gasteiger partial charge is 0.490 e. The third kappa shape index (κ3) is 3.05. The number of hydrogen-bond donors (Lipinski definition) is 0. The van der Waals surface area contributed by atoms with E-state index in [2.05, 4.69) is 34.9 Å². The van der Waals surface area contributed by atoms with E-state index in [1.807, 2.05) is 19.1 Å².